The molecule has 0 aromatic heterocycles. The van der Waals surface area contributed by atoms with Gasteiger partial charge in [0.25, 0.3) is 0 Å². The van der Waals surface area contributed by atoms with E-state index in [1.54, 1.807) is 0 Å². The number of hydrogen-bond donors (Lipinski definition) is 0. The molecule has 1 atom stereocenters. The van der Waals surface area contributed by atoms with Gasteiger partial charge in [0.05, 0.1) is 0 Å². The molecule has 0 radical (unpaired) electrons. The maximum atomic E-state index is 2.65. The van der Waals surface area contributed by atoms with Crippen LogP contribution in [0.15, 0.2) is 12.4 Å². The summed E-state index contributed by atoms with van der Waals surface area (Å²) in [5.74, 6) is 0. The lowest BCUT2D eigenvalue weighted by Gasteiger charge is -2.33. The molecule has 0 aromatic carbocycles. The van der Waals surface area contributed by atoms with Gasteiger partial charge in [-0.25, -0.2) is 0 Å². The Kier molecular flexibility index (Phi) is 20.3. The Hall–Kier alpha value is -0.660. The Balaban J connectivity index is 2.05. The third-order valence-corrected chi connectivity index (χ3v) is 7.28. The molecule has 0 bridgehead atoms. The largest absolute Gasteiger partial charge is 0.356 e. The summed E-state index contributed by atoms with van der Waals surface area (Å²) in [5.41, 5.74) is 0. The first kappa shape index (κ1) is 29.4. The van der Waals surface area contributed by atoms with Crippen LogP contribution in [-0.2, 0) is 0 Å². The lowest BCUT2D eigenvalue weighted by molar-refractivity contribution is 0.137. The van der Waals surface area contributed by atoms with Crippen LogP contribution in [0.5, 0.6) is 0 Å². The van der Waals surface area contributed by atoms with E-state index in [2.05, 4.69) is 43.0 Å². The molecule has 1 rings (SSSR count). The Morgan fingerprint density at radius 3 is 1.22 bits per heavy atom. The minimum Gasteiger partial charge on any atom is -0.356 e. The second-order valence-corrected chi connectivity index (χ2v) is 10.4. The lowest BCUT2D eigenvalue weighted by Crippen LogP contribution is -2.39. The average molecular weight is 449 g/mol. The number of hydrogen-bond acceptors (Lipinski definition) is 2. The topological polar surface area (TPSA) is 6.48 Å². The minimum absolute atomic E-state index is 0.641. The molecule has 0 amide bonds. The molecule has 32 heavy (non-hydrogen) atoms. The van der Waals surface area contributed by atoms with Crippen LogP contribution in [0.2, 0.25) is 0 Å². The first-order valence-corrected chi connectivity index (χ1v) is 15.0. The first-order chi connectivity index (χ1) is 15.8. The quantitative estimate of drug-likeness (QED) is 0.135. The number of rotatable bonds is 24. The van der Waals surface area contributed by atoms with Gasteiger partial charge in [-0.05, 0) is 25.7 Å². The molecule has 1 aliphatic heterocycles. The van der Waals surface area contributed by atoms with Crippen LogP contribution in [0.1, 0.15) is 162 Å². The summed E-state index contributed by atoms with van der Waals surface area (Å²) in [7, 11) is 0. The van der Waals surface area contributed by atoms with Gasteiger partial charge < -0.3 is 9.80 Å². The maximum absolute atomic E-state index is 2.65. The Morgan fingerprint density at radius 1 is 0.406 bits per heavy atom. The molecular formula is C30H60N2. The van der Waals surface area contributed by atoms with Crippen molar-refractivity contribution in [2.75, 3.05) is 13.1 Å². The monoisotopic (exact) mass is 448 g/mol. The van der Waals surface area contributed by atoms with Crippen molar-refractivity contribution in [2.24, 2.45) is 0 Å². The summed E-state index contributed by atoms with van der Waals surface area (Å²) in [6.07, 6.45) is 36.7. The fourth-order valence-electron chi connectivity index (χ4n) is 5.19. The van der Waals surface area contributed by atoms with E-state index >= 15 is 0 Å². The Bertz CT molecular complexity index is 406. The molecule has 0 aromatic rings. The van der Waals surface area contributed by atoms with Crippen molar-refractivity contribution >= 4 is 0 Å². The van der Waals surface area contributed by atoms with Gasteiger partial charge in [-0.2, -0.15) is 0 Å². The predicted molar refractivity (Wildman–Crippen MR) is 145 cm³/mol. The van der Waals surface area contributed by atoms with Crippen molar-refractivity contribution in [3.05, 3.63) is 12.4 Å². The summed E-state index contributed by atoms with van der Waals surface area (Å²) < 4.78 is 0. The summed E-state index contributed by atoms with van der Waals surface area (Å²) in [6.45, 7) is 9.40. The van der Waals surface area contributed by atoms with Gasteiger partial charge in [-0.15, -0.1) is 0 Å². The van der Waals surface area contributed by atoms with E-state index in [1.807, 2.05) is 0 Å². The molecule has 0 N–H and O–H groups in total. The molecule has 0 fully saturated rings. The normalized spacial score (nSPS) is 15.9. The van der Waals surface area contributed by atoms with Crippen molar-refractivity contribution in [3.63, 3.8) is 0 Å². The van der Waals surface area contributed by atoms with Crippen molar-refractivity contribution < 1.29 is 0 Å². The van der Waals surface area contributed by atoms with E-state index in [1.165, 1.54) is 154 Å². The molecule has 190 valence electrons. The fourth-order valence-corrected chi connectivity index (χ4v) is 5.19. The van der Waals surface area contributed by atoms with Crippen molar-refractivity contribution in [2.45, 2.75) is 168 Å². The van der Waals surface area contributed by atoms with E-state index in [0.29, 0.717) is 6.17 Å². The molecule has 2 nitrogen and oxygen atoms in total. The Morgan fingerprint density at radius 2 is 0.781 bits per heavy atom. The number of nitrogens with zero attached hydrogens (tertiary/aromatic N) is 2. The van der Waals surface area contributed by atoms with Gasteiger partial charge in [0.2, 0.25) is 0 Å². The molecular weight excluding hydrogens is 388 g/mol. The fraction of sp³-hybridized carbons (Fsp3) is 0.933. The van der Waals surface area contributed by atoms with Crippen LogP contribution in [0, 0.1) is 0 Å². The summed E-state index contributed by atoms with van der Waals surface area (Å²) in [5, 5.41) is 0. The zero-order valence-electron chi connectivity index (χ0n) is 22.6. The van der Waals surface area contributed by atoms with Gasteiger partial charge in [0.1, 0.15) is 6.17 Å². The van der Waals surface area contributed by atoms with Crippen LogP contribution in [0.4, 0.5) is 0 Å². The van der Waals surface area contributed by atoms with E-state index in [4.69, 9.17) is 0 Å². The summed E-state index contributed by atoms with van der Waals surface area (Å²) in [6, 6.07) is 0. The van der Waals surface area contributed by atoms with E-state index in [-0.39, 0.29) is 0 Å². The lowest BCUT2D eigenvalue weighted by atomic mass is 10.0. The third kappa shape index (κ3) is 15.2. The molecule has 1 aliphatic rings. The highest BCUT2D eigenvalue weighted by molar-refractivity contribution is 4.96. The maximum Gasteiger partial charge on any atom is 0.101 e. The van der Waals surface area contributed by atoms with Crippen LogP contribution < -0.4 is 0 Å². The SMILES string of the molecule is CCCCCCCCCCCCCCCC1N(CCC)C=CN1CCCCCCCCC. The zero-order chi connectivity index (χ0) is 23.1. The van der Waals surface area contributed by atoms with Gasteiger partial charge in [0, 0.05) is 25.5 Å². The Labute approximate surface area is 203 Å². The molecule has 0 saturated carbocycles. The molecule has 2 heteroatoms. The highest BCUT2D eigenvalue weighted by Gasteiger charge is 2.24. The van der Waals surface area contributed by atoms with E-state index in [9.17, 15) is 0 Å². The molecule has 0 spiro atoms. The predicted octanol–water partition coefficient (Wildman–Crippen LogP) is 10.0. The average Bonchev–Trinajstić information content (AvgIpc) is 3.18. The van der Waals surface area contributed by atoms with E-state index in [0.717, 1.165) is 0 Å². The van der Waals surface area contributed by atoms with Crippen LogP contribution >= 0.6 is 0 Å². The van der Waals surface area contributed by atoms with E-state index < -0.39 is 0 Å². The highest BCUT2D eigenvalue weighted by atomic mass is 15.4. The highest BCUT2D eigenvalue weighted by Crippen LogP contribution is 2.23. The summed E-state index contributed by atoms with van der Waals surface area (Å²) >= 11 is 0. The molecule has 1 unspecified atom stereocenters. The zero-order valence-corrected chi connectivity index (χ0v) is 22.6. The molecule has 0 aliphatic carbocycles. The molecule has 0 saturated heterocycles. The van der Waals surface area contributed by atoms with Crippen LogP contribution in [-0.4, -0.2) is 29.1 Å². The second kappa shape index (κ2) is 22.1. The van der Waals surface area contributed by atoms with Gasteiger partial charge in [-0.3, -0.25) is 0 Å². The van der Waals surface area contributed by atoms with Gasteiger partial charge in [-0.1, -0.05) is 136 Å². The first-order valence-electron chi connectivity index (χ1n) is 15.0. The van der Waals surface area contributed by atoms with Crippen molar-refractivity contribution in [1.29, 1.82) is 0 Å². The van der Waals surface area contributed by atoms with Crippen LogP contribution in [0.25, 0.3) is 0 Å². The standard InChI is InChI=1S/C30H60N2/c1-4-7-9-11-13-14-15-16-17-18-19-21-23-25-30-31(26-6-3)28-29-32(30)27-24-22-20-12-10-8-5-2/h28-30H,4-27H2,1-3H3. The number of unbranched alkanes of at least 4 members (excludes halogenated alkanes) is 18. The van der Waals surface area contributed by atoms with Crippen molar-refractivity contribution in [3.8, 4) is 0 Å². The third-order valence-electron chi connectivity index (χ3n) is 7.28. The minimum atomic E-state index is 0.641. The van der Waals surface area contributed by atoms with Crippen LogP contribution in [0.3, 0.4) is 0 Å². The van der Waals surface area contributed by atoms with Gasteiger partial charge in [0.15, 0.2) is 0 Å². The van der Waals surface area contributed by atoms with Gasteiger partial charge >= 0.3 is 0 Å². The summed E-state index contributed by atoms with van der Waals surface area (Å²) in [4.78, 5) is 5.27. The smallest absolute Gasteiger partial charge is 0.101 e. The van der Waals surface area contributed by atoms with Crippen molar-refractivity contribution in [1.82, 2.24) is 9.80 Å². The molecule has 1 heterocycles. The second-order valence-electron chi connectivity index (χ2n) is 10.4.